The van der Waals surface area contributed by atoms with Crippen molar-refractivity contribution >= 4 is 15.8 Å². The Hall–Kier alpha value is -2.54. The fraction of sp³-hybridized carbons (Fsp3) is 0.188. The van der Waals surface area contributed by atoms with E-state index in [1.807, 2.05) is 0 Å². The predicted molar refractivity (Wildman–Crippen MR) is 83.8 cm³/mol. The summed E-state index contributed by atoms with van der Waals surface area (Å²) >= 11 is 0. The molecule has 0 fully saturated rings. The van der Waals surface area contributed by atoms with Crippen LogP contribution in [0, 0.1) is 0 Å². The van der Waals surface area contributed by atoms with Gasteiger partial charge in [0.1, 0.15) is 16.4 Å². The van der Waals surface area contributed by atoms with Crippen LogP contribution in [0.25, 0.3) is 0 Å². The van der Waals surface area contributed by atoms with Gasteiger partial charge < -0.3 is 14.6 Å². The van der Waals surface area contributed by atoms with Crippen LogP contribution in [0.4, 0.5) is 0 Å². The molecule has 122 valence electrons. The molecule has 0 radical (unpaired) electrons. The van der Waals surface area contributed by atoms with E-state index in [0.717, 1.165) is 0 Å². The van der Waals surface area contributed by atoms with E-state index in [0.29, 0.717) is 11.3 Å². The topological polar surface area (TPSA) is 89.9 Å². The van der Waals surface area contributed by atoms with Gasteiger partial charge in [-0.15, -0.1) is 0 Å². The number of rotatable bonds is 6. The minimum Gasteiger partial charge on any atom is -0.496 e. The van der Waals surface area contributed by atoms with Crippen LogP contribution in [0.3, 0.4) is 0 Å². The Morgan fingerprint density at radius 1 is 1.04 bits per heavy atom. The molecular formula is C16H16O6S. The third-order valence-corrected chi connectivity index (χ3v) is 4.98. The maximum Gasteiger partial charge on any atom is 0.335 e. The molecule has 0 aliphatic heterocycles. The Morgan fingerprint density at radius 2 is 1.70 bits per heavy atom. The van der Waals surface area contributed by atoms with Crippen molar-refractivity contribution in [3.8, 4) is 11.5 Å². The summed E-state index contributed by atoms with van der Waals surface area (Å²) in [7, 11) is -0.968. The zero-order valence-corrected chi connectivity index (χ0v) is 13.5. The standard InChI is InChI=1S/C16H16O6S/c1-21-13-6-4-3-5-12(13)10-23(19,20)15-8-7-11(16(17)18)9-14(15)22-2/h3-9H,10H2,1-2H3,(H,17,18). The quantitative estimate of drug-likeness (QED) is 0.871. The molecule has 0 amide bonds. The van der Waals surface area contributed by atoms with Gasteiger partial charge in [-0.2, -0.15) is 0 Å². The van der Waals surface area contributed by atoms with Gasteiger partial charge in [0.15, 0.2) is 9.84 Å². The number of carbonyl (C=O) groups is 1. The second-order valence-corrected chi connectivity index (χ2v) is 6.70. The number of methoxy groups -OCH3 is 2. The average Bonchev–Trinajstić information content (AvgIpc) is 2.54. The van der Waals surface area contributed by atoms with Crippen molar-refractivity contribution in [2.75, 3.05) is 14.2 Å². The Bertz CT molecular complexity index is 826. The molecule has 0 spiro atoms. The van der Waals surface area contributed by atoms with Crippen molar-refractivity contribution in [1.82, 2.24) is 0 Å². The minimum absolute atomic E-state index is 0.000187. The van der Waals surface area contributed by atoms with Crippen molar-refractivity contribution in [2.24, 2.45) is 0 Å². The van der Waals surface area contributed by atoms with E-state index < -0.39 is 15.8 Å². The normalized spacial score (nSPS) is 11.0. The highest BCUT2D eigenvalue weighted by Gasteiger charge is 2.23. The van der Waals surface area contributed by atoms with E-state index in [2.05, 4.69) is 0 Å². The van der Waals surface area contributed by atoms with Crippen LogP contribution in [0.1, 0.15) is 15.9 Å². The van der Waals surface area contributed by atoms with Crippen LogP contribution < -0.4 is 9.47 Å². The van der Waals surface area contributed by atoms with E-state index >= 15 is 0 Å². The zero-order chi connectivity index (χ0) is 17.0. The van der Waals surface area contributed by atoms with Gasteiger partial charge in [0.05, 0.1) is 25.5 Å². The number of benzene rings is 2. The Morgan fingerprint density at radius 3 is 2.30 bits per heavy atom. The second kappa shape index (κ2) is 6.70. The van der Waals surface area contributed by atoms with Crippen LogP contribution in [0.2, 0.25) is 0 Å². The monoisotopic (exact) mass is 336 g/mol. The molecule has 23 heavy (non-hydrogen) atoms. The SMILES string of the molecule is COc1ccccc1CS(=O)(=O)c1ccc(C(=O)O)cc1OC. The lowest BCUT2D eigenvalue weighted by Gasteiger charge is -2.12. The van der Waals surface area contributed by atoms with Gasteiger partial charge in [0.2, 0.25) is 0 Å². The molecule has 0 aromatic heterocycles. The number of carboxylic acids is 1. The van der Waals surface area contributed by atoms with E-state index in [4.69, 9.17) is 14.6 Å². The summed E-state index contributed by atoms with van der Waals surface area (Å²) in [6.07, 6.45) is 0. The summed E-state index contributed by atoms with van der Waals surface area (Å²) in [6, 6.07) is 10.5. The third-order valence-electron chi connectivity index (χ3n) is 3.28. The van der Waals surface area contributed by atoms with Crippen LogP contribution in [0.15, 0.2) is 47.4 Å². The summed E-state index contributed by atoms with van der Waals surface area (Å²) in [5.41, 5.74) is 0.470. The number of hydrogen-bond donors (Lipinski definition) is 1. The molecule has 7 heteroatoms. The lowest BCUT2D eigenvalue weighted by molar-refractivity contribution is 0.0696. The van der Waals surface area contributed by atoms with E-state index in [1.54, 1.807) is 24.3 Å². The number of hydrogen-bond acceptors (Lipinski definition) is 5. The fourth-order valence-electron chi connectivity index (χ4n) is 2.16. The molecule has 2 aromatic carbocycles. The first-order chi connectivity index (χ1) is 10.9. The van der Waals surface area contributed by atoms with Crippen molar-refractivity contribution < 1.29 is 27.8 Å². The van der Waals surface area contributed by atoms with Crippen molar-refractivity contribution in [1.29, 1.82) is 0 Å². The molecular weight excluding hydrogens is 320 g/mol. The van der Waals surface area contributed by atoms with E-state index in [9.17, 15) is 13.2 Å². The first-order valence-corrected chi connectivity index (χ1v) is 8.30. The minimum atomic E-state index is -3.73. The van der Waals surface area contributed by atoms with Gasteiger partial charge in [-0.05, 0) is 24.3 Å². The summed E-state index contributed by atoms with van der Waals surface area (Å²) in [5, 5.41) is 8.98. The van der Waals surface area contributed by atoms with Gasteiger partial charge in [0.25, 0.3) is 0 Å². The third kappa shape index (κ3) is 3.62. The number of aromatic carboxylic acids is 1. The highest BCUT2D eigenvalue weighted by molar-refractivity contribution is 7.90. The smallest absolute Gasteiger partial charge is 0.335 e. The maximum absolute atomic E-state index is 12.6. The van der Waals surface area contributed by atoms with Crippen LogP contribution in [-0.2, 0) is 15.6 Å². The van der Waals surface area contributed by atoms with E-state index in [1.165, 1.54) is 32.4 Å². The molecule has 2 rings (SSSR count). The fourth-order valence-corrected chi connectivity index (χ4v) is 3.69. The summed E-state index contributed by atoms with van der Waals surface area (Å²) < 4.78 is 35.5. The van der Waals surface area contributed by atoms with Crippen molar-refractivity contribution in [2.45, 2.75) is 10.6 Å². The predicted octanol–water partition coefficient (Wildman–Crippen LogP) is 2.38. The molecule has 0 saturated heterocycles. The molecule has 6 nitrogen and oxygen atoms in total. The van der Waals surface area contributed by atoms with Gasteiger partial charge in [0, 0.05) is 5.56 Å². The molecule has 0 saturated carbocycles. The molecule has 0 aliphatic carbocycles. The zero-order valence-electron chi connectivity index (χ0n) is 12.6. The number of sulfone groups is 1. The Labute approximate surface area is 134 Å². The molecule has 0 aliphatic rings. The van der Waals surface area contributed by atoms with Crippen molar-refractivity contribution in [3.05, 3.63) is 53.6 Å². The number of para-hydroxylation sites is 1. The van der Waals surface area contributed by atoms with Crippen LogP contribution in [-0.4, -0.2) is 33.7 Å². The molecule has 1 N–H and O–H groups in total. The summed E-state index contributed by atoms with van der Waals surface area (Å²) in [5.74, 6) is -0.964. The molecule has 0 unspecified atom stereocenters. The summed E-state index contributed by atoms with van der Waals surface area (Å²) in [6.45, 7) is 0. The van der Waals surface area contributed by atoms with Gasteiger partial charge in [-0.3, -0.25) is 0 Å². The van der Waals surface area contributed by atoms with E-state index in [-0.39, 0.29) is 22.0 Å². The van der Waals surface area contributed by atoms with Gasteiger partial charge in [-0.1, -0.05) is 18.2 Å². The first kappa shape index (κ1) is 16.8. The van der Waals surface area contributed by atoms with Gasteiger partial charge in [-0.25, -0.2) is 13.2 Å². The summed E-state index contributed by atoms with van der Waals surface area (Å²) in [4.78, 5) is 10.9. The first-order valence-electron chi connectivity index (χ1n) is 6.65. The molecule has 2 aromatic rings. The second-order valence-electron chi connectivity index (χ2n) is 4.74. The highest BCUT2D eigenvalue weighted by atomic mass is 32.2. The number of carboxylic acid groups (broad SMARTS) is 1. The van der Waals surface area contributed by atoms with Gasteiger partial charge >= 0.3 is 5.97 Å². The Balaban J connectivity index is 2.45. The highest BCUT2D eigenvalue weighted by Crippen LogP contribution is 2.30. The molecule has 0 bridgehead atoms. The van der Waals surface area contributed by atoms with Crippen LogP contribution >= 0.6 is 0 Å². The average molecular weight is 336 g/mol. The lowest BCUT2D eigenvalue weighted by atomic mass is 10.2. The van der Waals surface area contributed by atoms with Crippen molar-refractivity contribution in [3.63, 3.8) is 0 Å². The Kier molecular flexibility index (Phi) is 4.90. The van der Waals surface area contributed by atoms with Crippen LogP contribution in [0.5, 0.6) is 11.5 Å². The molecule has 0 atom stereocenters. The lowest BCUT2D eigenvalue weighted by Crippen LogP contribution is -2.09. The maximum atomic E-state index is 12.6. The largest absolute Gasteiger partial charge is 0.496 e. The molecule has 0 heterocycles. The number of ether oxygens (including phenoxy) is 2.